The van der Waals surface area contributed by atoms with Crippen LogP contribution in [0.3, 0.4) is 0 Å². The van der Waals surface area contributed by atoms with E-state index in [1.165, 1.54) is 0 Å². The van der Waals surface area contributed by atoms with Crippen LogP contribution < -0.4 is 0 Å². The zero-order chi connectivity index (χ0) is 14.3. The average Bonchev–Trinajstić information content (AvgIpc) is 2.88. The lowest BCUT2D eigenvalue weighted by molar-refractivity contribution is -0.151. The van der Waals surface area contributed by atoms with E-state index in [1.54, 1.807) is 14.0 Å². The van der Waals surface area contributed by atoms with Crippen molar-refractivity contribution in [2.24, 2.45) is 0 Å². The van der Waals surface area contributed by atoms with E-state index in [4.69, 9.17) is 14.0 Å². The van der Waals surface area contributed by atoms with Crippen LogP contribution in [0.4, 0.5) is 0 Å². The summed E-state index contributed by atoms with van der Waals surface area (Å²) in [5, 5.41) is 3.88. The molecule has 1 rings (SSSR count). The van der Waals surface area contributed by atoms with Crippen LogP contribution in [0, 0.1) is 0 Å². The van der Waals surface area contributed by atoms with Gasteiger partial charge < -0.3 is 14.0 Å². The van der Waals surface area contributed by atoms with Gasteiger partial charge in [0.1, 0.15) is 5.41 Å². The highest BCUT2D eigenvalue weighted by Gasteiger charge is 2.43. The van der Waals surface area contributed by atoms with Gasteiger partial charge in [0.05, 0.1) is 13.2 Å². The standard InChI is InChI=1S/C13H22N2O4/c1-5-13(6-2,12(16)18-7-3)11-14-10(15-19-11)8-9-17-4/h5-9H2,1-4H3. The first-order valence-electron chi connectivity index (χ1n) is 6.63. The van der Waals surface area contributed by atoms with Crippen molar-refractivity contribution in [1.82, 2.24) is 10.1 Å². The SMILES string of the molecule is CCOC(=O)C(CC)(CC)c1nc(CCOC)no1. The maximum atomic E-state index is 12.2. The van der Waals surface area contributed by atoms with E-state index in [-0.39, 0.29) is 5.97 Å². The number of esters is 1. The molecule has 0 spiro atoms. The summed E-state index contributed by atoms with van der Waals surface area (Å²) in [7, 11) is 1.61. The molecule has 1 aromatic rings. The van der Waals surface area contributed by atoms with Crippen LogP contribution in [0.2, 0.25) is 0 Å². The molecule has 6 nitrogen and oxygen atoms in total. The number of ether oxygens (including phenoxy) is 2. The first-order valence-corrected chi connectivity index (χ1v) is 6.63. The lowest BCUT2D eigenvalue weighted by Crippen LogP contribution is -2.36. The van der Waals surface area contributed by atoms with Gasteiger partial charge in [0.2, 0.25) is 5.89 Å². The van der Waals surface area contributed by atoms with Gasteiger partial charge in [-0.1, -0.05) is 19.0 Å². The third-order valence-corrected chi connectivity index (χ3v) is 3.28. The summed E-state index contributed by atoms with van der Waals surface area (Å²) in [6.07, 6.45) is 1.69. The zero-order valence-corrected chi connectivity index (χ0v) is 12.1. The van der Waals surface area contributed by atoms with Crippen LogP contribution in [-0.2, 0) is 26.1 Å². The summed E-state index contributed by atoms with van der Waals surface area (Å²) in [6.45, 7) is 6.47. The summed E-state index contributed by atoms with van der Waals surface area (Å²) in [4.78, 5) is 16.5. The zero-order valence-electron chi connectivity index (χ0n) is 12.1. The number of rotatable bonds is 8. The van der Waals surface area contributed by atoms with Crippen LogP contribution in [-0.4, -0.2) is 36.4 Å². The van der Waals surface area contributed by atoms with Gasteiger partial charge in [-0.05, 0) is 19.8 Å². The Hall–Kier alpha value is -1.43. The minimum absolute atomic E-state index is 0.304. The number of nitrogens with zero attached hydrogens (tertiary/aromatic N) is 2. The maximum Gasteiger partial charge on any atom is 0.321 e. The van der Waals surface area contributed by atoms with E-state index in [2.05, 4.69) is 10.1 Å². The third-order valence-electron chi connectivity index (χ3n) is 3.28. The van der Waals surface area contributed by atoms with Crippen LogP contribution in [0.1, 0.15) is 45.3 Å². The minimum atomic E-state index is -0.839. The van der Waals surface area contributed by atoms with Gasteiger partial charge in [-0.3, -0.25) is 4.79 Å². The van der Waals surface area contributed by atoms with Crippen molar-refractivity contribution in [2.75, 3.05) is 20.3 Å². The Morgan fingerprint density at radius 3 is 2.53 bits per heavy atom. The second kappa shape index (κ2) is 7.23. The predicted octanol–water partition coefficient (Wildman–Crippen LogP) is 1.88. The summed E-state index contributed by atoms with van der Waals surface area (Å²) < 4.78 is 15.4. The van der Waals surface area contributed by atoms with Crippen molar-refractivity contribution in [3.05, 3.63) is 11.7 Å². The lowest BCUT2D eigenvalue weighted by atomic mass is 9.82. The van der Waals surface area contributed by atoms with Gasteiger partial charge >= 0.3 is 5.97 Å². The molecular formula is C13H22N2O4. The number of carbonyl (C=O) groups excluding carboxylic acids is 1. The number of hydrogen-bond acceptors (Lipinski definition) is 6. The van der Waals surface area contributed by atoms with Crippen LogP contribution in [0.5, 0.6) is 0 Å². The molecule has 0 aliphatic heterocycles. The molecule has 1 heterocycles. The molecule has 1 aromatic heterocycles. The molecule has 19 heavy (non-hydrogen) atoms. The highest BCUT2D eigenvalue weighted by Crippen LogP contribution is 2.32. The fourth-order valence-electron chi connectivity index (χ4n) is 1.94. The lowest BCUT2D eigenvalue weighted by Gasteiger charge is -2.24. The monoisotopic (exact) mass is 270 g/mol. The van der Waals surface area contributed by atoms with Crippen molar-refractivity contribution < 1.29 is 18.8 Å². The highest BCUT2D eigenvalue weighted by molar-refractivity contribution is 5.81. The summed E-state index contributed by atoms with van der Waals surface area (Å²) in [6, 6.07) is 0. The van der Waals surface area contributed by atoms with Gasteiger partial charge in [0, 0.05) is 13.5 Å². The van der Waals surface area contributed by atoms with Gasteiger partial charge in [-0.15, -0.1) is 0 Å². The summed E-state index contributed by atoms with van der Waals surface area (Å²) in [5.74, 6) is 0.580. The van der Waals surface area contributed by atoms with Crippen molar-refractivity contribution >= 4 is 5.97 Å². The largest absolute Gasteiger partial charge is 0.465 e. The molecule has 0 N–H and O–H groups in total. The van der Waals surface area contributed by atoms with E-state index in [1.807, 2.05) is 13.8 Å². The van der Waals surface area contributed by atoms with E-state index >= 15 is 0 Å². The van der Waals surface area contributed by atoms with E-state index in [0.29, 0.717) is 44.2 Å². The molecule has 6 heteroatoms. The first-order chi connectivity index (χ1) is 9.14. The molecular weight excluding hydrogens is 248 g/mol. The number of aromatic nitrogens is 2. The van der Waals surface area contributed by atoms with Crippen molar-refractivity contribution in [1.29, 1.82) is 0 Å². The topological polar surface area (TPSA) is 74.5 Å². The quantitative estimate of drug-likeness (QED) is 0.671. The molecule has 0 unspecified atom stereocenters. The molecule has 0 aliphatic carbocycles. The molecule has 0 aliphatic rings. The minimum Gasteiger partial charge on any atom is -0.465 e. The fourth-order valence-corrected chi connectivity index (χ4v) is 1.94. The Kier molecular flexibility index (Phi) is 5.95. The Morgan fingerprint density at radius 2 is 2.00 bits per heavy atom. The predicted molar refractivity (Wildman–Crippen MR) is 68.8 cm³/mol. The Balaban J connectivity index is 2.98. The number of hydrogen-bond donors (Lipinski definition) is 0. The summed E-state index contributed by atoms with van der Waals surface area (Å²) in [5.41, 5.74) is -0.839. The smallest absolute Gasteiger partial charge is 0.321 e. The Morgan fingerprint density at radius 1 is 1.32 bits per heavy atom. The fraction of sp³-hybridized carbons (Fsp3) is 0.769. The van der Waals surface area contributed by atoms with Gasteiger partial charge in [-0.2, -0.15) is 4.98 Å². The molecule has 0 radical (unpaired) electrons. The second-order valence-corrected chi connectivity index (χ2v) is 4.27. The van der Waals surface area contributed by atoms with Crippen LogP contribution in [0.15, 0.2) is 4.52 Å². The van der Waals surface area contributed by atoms with Gasteiger partial charge in [-0.25, -0.2) is 0 Å². The van der Waals surface area contributed by atoms with Gasteiger partial charge in [0.15, 0.2) is 5.82 Å². The molecule has 108 valence electrons. The van der Waals surface area contributed by atoms with Gasteiger partial charge in [0.25, 0.3) is 0 Å². The molecule has 0 aromatic carbocycles. The number of carbonyl (C=O) groups is 1. The van der Waals surface area contributed by atoms with Crippen molar-refractivity contribution in [3.8, 4) is 0 Å². The normalized spacial score (nSPS) is 11.6. The average molecular weight is 270 g/mol. The van der Waals surface area contributed by atoms with E-state index in [9.17, 15) is 4.79 Å². The van der Waals surface area contributed by atoms with Crippen LogP contribution in [0.25, 0.3) is 0 Å². The number of methoxy groups -OCH3 is 1. The van der Waals surface area contributed by atoms with Crippen molar-refractivity contribution in [3.63, 3.8) is 0 Å². The molecule has 0 saturated heterocycles. The third kappa shape index (κ3) is 3.32. The maximum absolute atomic E-state index is 12.2. The van der Waals surface area contributed by atoms with E-state index in [0.717, 1.165) is 0 Å². The first kappa shape index (κ1) is 15.6. The molecule has 0 saturated carbocycles. The van der Waals surface area contributed by atoms with Crippen LogP contribution >= 0.6 is 0 Å². The Labute approximate surface area is 113 Å². The highest BCUT2D eigenvalue weighted by atomic mass is 16.5. The summed E-state index contributed by atoms with van der Waals surface area (Å²) >= 11 is 0. The van der Waals surface area contributed by atoms with Crippen molar-refractivity contribution in [2.45, 2.75) is 45.4 Å². The Bertz CT molecular complexity index is 399. The van der Waals surface area contributed by atoms with E-state index < -0.39 is 5.41 Å². The molecule has 0 bridgehead atoms. The molecule has 0 atom stereocenters. The second-order valence-electron chi connectivity index (χ2n) is 4.27. The molecule has 0 fully saturated rings. The molecule has 0 amide bonds.